The highest BCUT2D eigenvalue weighted by Gasteiger charge is 2.08. The van der Waals surface area contributed by atoms with Gasteiger partial charge in [0.2, 0.25) is 0 Å². The first-order valence-electron chi connectivity index (χ1n) is 5.96. The number of fused-ring (bicyclic) bond motifs is 1. The first-order valence-corrected chi connectivity index (χ1v) is 7.83. The van der Waals surface area contributed by atoms with E-state index in [9.17, 15) is 0 Å². The van der Waals surface area contributed by atoms with Gasteiger partial charge in [0.15, 0.2) is 4.34 Å². The topological polar surface area (TPSA) is 51.8 Å². The molecule has 0 amide bonds. The second-order valence-corrected chi connectivity index (χ2v) is 6.33. The molecular weight excluding hydrogens is 274 g/mol. The Labute approximate surface area is 119 Å². The van der Waals surface area contributed by atoms with Gasteiger partial charge in [-0.3, -0.25) is 0 Å². The van der Waals surface area contributed by atoms with Crippen LogP contribution in [0.1, 0.15) is 11.6 Å². The predicted octanol–water partition coefficient (Wildman–Crippen LogP) is 3.48. The number of rotatable bonds is 4. The van der Waals surface area contributed by atoms with Crippen LogP contribution < -0.4 is 5.73 Å². The summed E-state index contributed by atoms with van der Waals surface area (Å²) >= 11 is 3.20. The quantitative estimate of drug-likeness (QED) is 0.746. The summed E-state index contributed by atoms with van der Waals surface area (Å²) in [5, 5.41) is 10.3. The molecule has 2 N–H and O–H groups in total. The number of nitrogens with two attached hydrogens (primary N) is 1. The van der Waals surface area contributed by atoms with E-state index in [0.29, 0.717) is 0 Å². The summed E-state index contributed by atoms with van der Waals surface area (Å²) in [6.07, 6.45) is 0. The van der Waals surface area contributed by atoms with Crippen LogP contribution in [0.15, 0.2) is 52.3 Å². The average molecular weight is 287 g/mol. The zero-order valence-electron chi connectivity index (χ0n) is 10.2. The molecule has 2 aromatic carbocycles. The third kappa shape index (κ3) is 2.94. The van der Waals surface area contributed by atoms with Gasteiger partial charge >= 0.3 is 0 Å². The van der Waals surface area contributed by atoms with E-state index in [-0.39, 0.29) is 6.04 Å². The average Bonchev–Trinajstić information content (AvgIpc) is 2.97. The molecule has 3 aromatic rings. The highest BCUT2D eigenvalue weighted by atomic mass is 32.2. The Morgan fingerprint density at radius 3 is 2.79 bits per heavy atom. The van der Waals surface area contributed by atoms with Gasteiger partial charge in [0.25, 0.3) is 0 Å². The number of benzene rings is 2. The van der Waals surface area contributed by atoms with Gasteiger partial charge in [-0.1, -0.05) is 59.5 Å². The molecule has 0 aliphatic rings. The van der Waals surface area contributed by atoms with E-state index < -0.39 is 0 Å². The SMILES string of the molecule is NC(CSc1nncs1)c1ccc2ccccc2c1. The molecule has 0 aliphatic carbocycles. The van der Waals surface area contributed by atoms with Crippen LogP contribution in [0.4, 0.5) is 0 Å². The molecule has 19 heavy (non-hydrogen) atoms. The molecule has 96 valence electrons. The minimum Gasteiger partial charge on any atom is -0.323 e. The first kappa shape index (κ1) is 12.6. The molecule has 0 saturated heterocycles. The highest BCUT2D eigenvalue weighted by Crippen LogP contribution is 2.26. The van der Waals surface area contributed by atoms with E-state index >= 15 is 0 Å². The smallest absolute Gasteiger partial charge is 0.174 e. The van der Waals surface area contributed by atoms with Crippen LogP contribution in [0, 0.1) is 0 Å². The van der Waals surface area contributed by atoms with Crippen molar-refractivity contribution >= 4 is 33.9 Å². The normalized spacial score (nSPS) is 12.7. The van der Waals surface area contributed by atoms with E-state index in [2.05, 4.69) is 40.5 Å². The minimum atomic E-state index is 0.0125. The third-order valence-corrected chi connectivity index (χ3v) is 4.91. The monoisotopic (exact) mass is 287 g/mol. The van der Waals surface area contributed by atoms with E-state index in [1.54, 1.807) is 28.6 Å². The maximum atomic E-state index is 6.24. The van der Waals surface area contributed by atoms with Crippen molar-refractivity contribution in [1.82, 2.24) is 10.2 Å². The molecule has 5 heteroatoms. The Bertz CT molecular complexity index is 667. The fourth-order valence-electron chi connectivity index (χ4n) is 1.92. The second kappa shape index (κ2) is 5.69. The van der Waals surface area contributed by atoms with Crippen molar-refractivity contribution in [2.24, 2.45) is 5.73 Å². The molecule has 1 unspecified atom stereocenters. The molecule has 0 bridgehead atoms. The molecule has 0 aliphatic heterocycles. The van der Waals surface area contributed by atoms with Crippen molar-refractivity contribution in [1.29, 1.82) is 0 Å². The lowest BCUT2D eigenvalue weighted by molar-refractivity contribution is 0.832. The summed E-state index contributed by atoms with van der Waals surface area (Å²) in [4.78, 5) is 0. The lowest BCUT2D eigenvalue weighted by Crippen LogP contribution is -2.12. The van der Waals surface area contributed by atoms with Gasteiger partial charge in [0, 0.05) is 11.8 Å². The summed E-state index contributed by atoms with van der Waals surface area (Å²) < 4.78 is 0.969. The molecule has 1 heterocycles. The van der Waals surface area contributed by atoms with Gasteiger partial charge in [0.1, 0.15) is 5.51 Å². The van der Waals surface area contributed by atoms with Crippen molar-refractivity contribution in [3.05, 3.63) is 53.5 Å². The molecule has 0 radical (unpaired) electrons. The summed E-state index contributed by atoms with van der Waals surface area (Å²) in [6, 6.07) is 14.7. The lowest BCUT2D eigenvalue weighted by atomic mass is 10.0. The maximum absolute atomic E-state index is 6.24. The predicted molar refractivity (Wildman–Crippen MR) is 81.5 cm³/mol. The minimum absolute atomic E-state index is 0.0125. The van der Waals surface area contributed by atoms with Gasteiger partial charge in [-0.15, -0.1) is 10.2 Å². The Morgan fingerprint density at radius 2 is 2.00 bits per heavy atom. The number of hydrogen-bond donors (Lipinski definition) is 1. The first-order chi connectivity index (χ1) is 9.33. The fourth-order valence-corrected chi connectivity index (χ4v) is 3.43. The fraction of sp³-hybridized carbons (Fsp3) is 0.143. The van der Waals surface area contributed by atoms with Crippen LogP contribution in [0.5, 0.6) is 0 Å². The van der Waals surface area contributed by atoms with Crippen LogP contribution in [0.2, 0.25) is 0 Å². The van der Waals surface area contributed by atoms with Crippen molar-refractivity contribution in [2.75, 3.05) is 5.75 Å². The zero-order valence-corrected chi connectivity index (χ0v) is 11.8. The second-order valence-electron chi connectivity index (χ2n) is 4.23. The summed E-state index contributed by atoms with van der Waals surface area (Å²) in [7, 11) is 0. The van der Waals surface area contributed by atoms with E-state index in [1.165, 1.54) is 10.8 Å². The maximum Gasteiger partial charge on any atom is 0.174 e. The number of aromatic nitrogens is 2. The zero-order chi connectivity index (χ0) is 13.1. The van der Waals surface area contributed by atoms with E-state index in [1.807, 2.05) is 12.1 Å². The lowest BCUT2D eigenvalue weighted by Gasteiger charge is -2.11. The Balaban J connectivity index is 1.75. The summed E-state index contributed by atoms with van der Waals surface area (Å²) in [5.41, 5.74) is 9.14. The number of nitrogens with zero attached hydrogens (tertiary/aromatic N) is 2. The number of hydrogen-bond acceptors (Lipinski definition) is 5. The standard InChI is InChI=1S/C14H13N3S2/c15-13(8-18-14-17-16-9-19-14)12-6-5-10-3-1-2-4-11(10)7-12/h1-7,9,13H,8,15H2. The summed E-state index contributed by atoms with van der Waals surface area (Å²) in [5.74, 6) is 0.813. The molecule has 1 atom stereocenters. The van der Waals surface area contributed by atoms with Crippen molar-refractivity contribution in [2.45, 2.75) is 10.4 Å². The Morgan fingerprint density at radius 1 is 1.16 bits per heavy atom. The van der Waals surface area contributed by atoms with Crippen LogP contribution in [0.3, 0.4) is 0 Å². The molecule has 0 fully saturated rings. The third-order valence-electron chi connectivity index (χ3n) is 2.93. The molecular formula is C14H13N3S2. The van der Waals surface area contributed by atoms with Gasteiger partial charge in [0.05, 0.1) is 0 Å². The van der Waals surface area contributed by atoms with Crippen molar-refractivity contribution in [3.8, 4) is 0 Å². The van der Waals surface area contributed by atoms with E-state index in [0.717, 1.165) is 15.7 Å². The molecule has 1 aromatic heterocycles. The molecule has 3 rings (SSSR count). The van der Waals surface area contributed by atoms with Crippen LogP contribution in [-0.4, -0.2) is 16.0 Å². The van der Waals surface area contributed by atoms with Gasteiger partial charge < -0.3 is 5.73 Å². The Hall–Kier alpha value is -1.43. The molecule has 0 spiro atoms. The van der Waals surface area contributed by atoms with Crippen molar-refractivity contribution in [3.63, 3.8) is 0 Å². The van der Waals surface area contributed by atoms with Gasteiger partial charge in [-0.05, 0) is 22.4 Å². The molecule has 0 saturated carbocycles. The van der Waals surface area contributed by atoms with Crippen molar-refractivity contribution < 1.29 is 0 Å². The largest absolute Gasteiger partial charge is 0.323 e. The highest BCUT2D eigenvalue weighted by molar-refractivity contribution is 8.01. The van der Waals surface area contributed by atoms with Crippen LogP contribution in [0.25, 0.3) is 10.8 Å². The Kier molecular flexibility index (Phi) is 3.77. The van der Waals surface area contributed by atoms with Crippen LogP contribution >= 0.6 is 23.1 Å². The molecule has 3 nitrogen and oxygen atoms in total. The summed E-state index contributed by atoms with van der Waals surface area (Å²) in [6.45, 7) is 0. The van der Waals surface area contributed by atoms with E-state index in [4.69, 9.17) is 5.73 Å². The van der Waals surface area contributed by atoms with Gasteiger partial charge in [-0.25, -0.2) is 0 Å². The van der Waals surface area contributed by atoms with Gasteiger partial charge in [-0.2, -0.15) is 0 Å². The number of thioether (sulfide) groups is 1. The van der Waals surface area contributed by atoms with Crippen LogP contribution in [-0.2, 0) is 0 Å².